The topological polar surface area (TPSA) is 47.3 Å². The highest BCUT2D eigenvalue weighted by molar-refractivity contribution is 6.31. The molecule has 0 aliphatic carbocycles. The molecule has 0 atom stereocenters. The highest BCUT2D eigenvalue weighted by Crippen LogP contribution is 2.24. The van der Waals surface area contributed by atoms with Crippen molar-refractivity contribution in [3.63, 3.8) is 0 Å². The molecule has 0 radical (unpaired) electrons. The second-order valence-electron chi connectivity index (χ2n) is 4.94. The van der Waals surface area contributed by atoms with Crippen molar-refractivity contribution in [2.24, 2.45) is 0 Å². The molecular formula is C14H17ClN2O2. The number of rotatable bonds is 3. The van der Waals surface area contributed by atoms with E-state index in [-0.39, 0.29) is 0 Å². The number of oxazole rings is 1. The second-order valence-corrected chi connectivity index (χ2v) is 5.38. The molecule has 5 heteroatoms. The van der Waals surface area contributed by atoms with Crippen molar-refractivity contribution >= 4 is 22.7 Å². The van der Waals surface area contributed by atoms with Gasteiger partial charge in [0.15, 0.2) is 5.58 Å². The van der Waals surface area contributed by atoms with Crippen LogP contribution in [0.2, 0.25) is 5.02 Å². The third-order valence-electron chi connectivity index (χ3n) is 3.41. The van der Waals surface area contributed by atoms with Gasteiger partial charge in [0.05, 0.1) is 6.10 Å². The van der Waals surface area contributed by atoms with Crippen molar-refractivity contribution in [1.29, 1.82) is 0 Å². The number of nitrogens with zero attached hydrogens (tertiary/aromatic N) is 1. The minimum absolute atomic E-state index is 0.306. The van der Waals surface area contributed by atoms with E-state index in [4.69, 9.17) is 20.8 Å². The smallest absolute Gasteiger partial charge is 0.221 e. The molecule has 2 aromatic rings. The lowest BCUT2D eigenvalue weighted by Crippen LogP contribution is -2.32. The van der Waals surface area contributed by atoms with E-state index in [1.54, 1.807) is 0 Å². The summed E-state index contributed by atoms with van der Waals surface area (Å²) in [5, 5.41) is 4.00. The molecular weight excluding hydrogens is 264 g/mol. The summed E-state index contributed by atoms with van der Waals surface area (Å²) >= 11 is 6.01. The van der Waals surface area contributed by atoms with Gasteiger partial charge in [0, 0.05) is 5.02 Å². The summed E-state index contributed by atoms with van der Waals surface area (Å²) in [5.41, 5.74) is 2.60. The Hall–Kier alpha value is -1.10. The van der Waals surface area contributed by atoms with Gasteiger partial charge in [-0.05, 0) is 50.6 Å². The van der Waals surface area contributed by atoms with E-state index in [0.717, 1.165) is 42.6 Å². The van der Waals surface area contributed by atoms with Gasteiger partial charge in [0.1, 0.15) is 12.1 Å². The van der Waals surface area contributed by atoms with Crippen LogP contribution in [0.3, 0.4) is 0 Å². The molecule has 0 unspecified atom stereocenters. The van der Waals surface area contributed by atoms with Gasteiger partial charge in [-0.15, -0.1) is 0 Å². The van der Waals surface area contributed by atoms with Gasteiger partial charge in [-0.1, -0.05) is 11.6 Å². The number of halogens is 1. The van der Waals surface area contributed by atoms with Gasteiger partial charge in [0.2, 0.25) is 5.89 Å². The maximum Gasteiger partial charge on any atom is 0.221 e. The first-order valence-electron chi connectivity index (χ1n) is 6.60. The van der Waals surface area contributed by atoms with Crippen LogP contribution in [0.1, 0.15) is 24.3 Å². The van der Waals surface area contributed by atoms with Crippen molar-refractivity contribution in [3.05, 3.63) is 28.6 Å². The minimum atomic E-state index is 0.306. The van der Waals surface area contributed by atoms with Crippen LogP contribution < -0.4 is 5.32 Å². The van der Waals surface area contributed by atoms with Crippen LogP contribution >= 0.6 is 11.6 Å². The van der Waals surface area contributed by atoms with Crippen LogP contribution in [0.15, 0.2) is 16.5 Å². The molecule has 1 aliphatic heterocycles. The van der Waals surface area contributed by atoms with Crippen molar-refractivity contribution in [2.75, 3.05) is 13.1 Å². The van der Waals surface area contributed by atoms with Crippen molar-refractivity contribution in [2.45, 2.75) is 32.5 Å². The predicted molar refractivity (Wildman–Crippen MR) is 74.4 cm³/mol. The zero-order chi connectivity index (χ0) is 13.2. The molecule has 2 heterocycles. The van der Waals surface area contributed by atoms with Crippen molar-refractivity contribution in [1.82, 2.24) is 10.3 Å². The zero-order valence-corrected chi connectivity index (χ0v) is 11.7. The molecule has 3 rings (SSSR count). The lowest BCUT2D eigenvalue weighted by atomic mass is 10.1. The summed E-state index contributed by atoms with van der Waals surface area (Å²) in [5.74, 6) is 0.624. The van der Waals surface area contributed by atoms with Crippen LogP contribution in [0.25, 0.3) is 11.1 Å². The fourth-order valence-corrected chi connectivity index (χ4v) is 2.68. The first-order valence-corrected chi connectivity index (χ1v) is 6.98. The molecule has 1 fully saturated rings. The Morgan fingerprint density at radius 2 is 2.21 bits per heavy atom. The van der Waals surface area contributed by atoms with Gasteiger partial charge in [0.25, 0.3) is 0 Å². The first-order chi connectivity index (χ1) is 9.22. The fourth-order valence-electron chi connectivity index (χ4n) is 2.42. The summed E-state index contributed by atoms with van der Waals surface area (Å²) in [6.45, 7) is 4.44. The number of benzene rings is 1. The summed E-state index contributed by atoms with van der Waals surface area (Å²) in [7, 11) is 0. The fraction of sp³-hybridized carbons (Fsp3) is 0.500. The monoisotopic (exact) mass is 280 g/mol. The van der Waals surface area contributed by atoms with Crippen molar-refractivity contribution < 1.29 is 9.15 Å². The Bertz CT molecular complexity index is 576. The van der Waals surface area contributed by atoms with Crippen LogP contribution in [-0.2, 0) is 11.3 Å². The Morgan fingerprint density at radius 3 is 3.00 bits per heavy atom. The van der Waals surface area contributed by atoms with E-state index in [1.165, 1.54) is 0 Å². The maximum atomic E-state index is 6.01. The summed E-state index contributed by atoms with van der Waals surface area (Å²) < 4.78 is 11.6. The third kappa shape index (κ3) is 2.91. The summed E-state index contributed by atoms with van der Waals surface area (Å²) in [6, 6.07) is 3.70. The molecule has 0 saturated carbocycles. The molecule has 1 aliphatic rings. The average Bonchev–Trinajstić information content (AvgIpc) is 2.81. The number of aromatic nitrogens is 1. The van der Waals surface area contributed by atoms with E-state index >= 15 is 0 Å². The van der Waals surface area contributed by atoms with E-state index in [0.29, 0.717) is 23.6 Å². The van der Waals surface area contributed by atoms with E-state index in [2.05, 4.69) is 10.3 Å². The number of hydrogen-bond donors (Lipinski definition) is 1. The zero-order valence-electron chi connectivity index (χ0n) is 10.9. The average molecular weight is 281 g/mol. The second kappa shape index (κ2) is 5.49. The van der Waals surface area contributed by atoms with Crippen LogP contribution in [-0.4, -0.2) is 24.2 Å². The molecule has 1 saturated heterocycles. The number of hydrogen-bond acceptors (Lipinski definition) is 4. The molecule has 0 bridgehead atoms. The van der Waals surface area contributed by atoms with E-state index in [1.807, 2.05) is 19.1 Å². The Balaban J connectivity index is 1.72. The van der Waals surface area contributed by atoms with Gasteiger partial charge in [-0.3, -0.25) is 0 Å². The largest absolute Gasteiger partial charge is 0.438 e. The quantitative estimate of drug-likeness (QED) is 0.939. The van der Waals surface area contributed by atoms with Gasteiger partial charge in [-0.2, -0.15) is 0 Å². The standard InChI is InChI=1S/C14H17ClN2O2/c1-9-6-10(15)7-12-14(9)19-13(17-12)8-18-11-2-4-16-5-3-11/h6-7,11,16H,2-5,8H2,1H3. The Labute approximate surface area is 117 Å². The molecule has 0 spiro atoms. The van der Waals surface area contributed by atoms with Gasteiger partial charge < -0.3 is 14.5 Å². The molecule has 102 valence electrons. The highest BCUT2D eigenvalue weighted by Gasteiger charge is 2.15. The van der Waals surface area contributed by atoms with Gasteiger partial charge >= 0.3 is 0 Å². The minimum Gasteiger partial charge on any atom is -0.438 e. The van der Waals surface area contributed by atoms with Crippen molar-refractivity contribution in [3.8, 4) is 0 Å². The summed E-state index contributed by atoms with van der Waals surface area (Å²) in [4.78, 5) is 4.43. The number of fused-ring (bicyclic) bond motifs is 1. The lowest BCUT2D eigenvalue weighted by Gasteiger charge is -2.22. The lowest BCUT2D eigenvalue weighted by molar-refractivity contribution is 0.0113. The molecule has 4 nitrogen and oxygen atoms in total. The summed E-state index contributed by atoms with van der Waals surface area (Å²) in [6.07, 6.45) is 2.40. The first kappa shape index (κ1) is 12.9. The predicted octanol–water partition coefficient (Wildman–Crippen LogP) is 3.06. The Kier molecular flexibility index (Phi) is 3.73. The number of nitrogens with one attached hydrogen (secondary N) is 1. The SMILES string of the molecule is Cc1cc(Cl)cc2nc(COC3CCNCC3)oc12. The van der Waals surface area contributed by atoms with Crippen LogP contribution in [0.5, 0.6) is 0 Å². The van der Waals surface area contributed by atoms with E-state index < -0.39 is 0 Å². The molecule has 1 aromatic heterocycles. The van der Waals surface area contributed by atoms with Crippen LogP contribution in [0, 0.1) is 6.92 Å². The number of aryl methyl sites for hydroxylation is 1. The van der Waals surface area contributed by atoms with E-state index in [9.17, 15) is 0 Å². The normalized spacial score (nSPS) is 17.2. The highest BCUT2D eigenvalue weighted by atomic mass is 35.5. The molecule has 19 heavy (non-hydrogen) atoms. The number of piperidine rings is 1. The maximum absolute atomic E-state index is 6.01. The molecule has 1 N–H and O–H groups in total. The number of ether oxygens (including phenoxy) is 1. The van der Waals surface area contributed by atoms with Gasteiger partial charge in [-0.25, -0.2) is 4.98 Å². The third-order valence-corrected chi connectivity index (χ3v) is 3.63. The van der Waals surface area contributed by atoms with Crippen LogP contribution in [0.4, 0.5) is 0 Å². The Morgan fingerprint density at radius 1 is 1.42 bits per heavy atom. The molecule has 1 aromatic carbocycles. The molecule has 0 amide bonds.